The Morgan fingerprint density at radius 2 is 2.16 bits per heavy atom. The van der Waals surface area contributed by atoms with Gasteiger partial charge < -0.3 is 10.6 Å². The summed E-state index contributed by atoms with van der Waals surface area (Å²) in [6, 6.07) is 12.0. The molecule has 6 nitrogen and oxygen atoms in total. The number of likely N-dealkylation sites (tertiary alicyclic amines) is 1. The van der Waals surface area contributed by atoms with E-state index >= 15 is 0 Å². The quantitative estimate of drug-likeness (QED) is 0.796. The Morgan fingerprint density at radius 3 is 2.92 bits per heavy atom. The van der Waals surface area contributed by atoms with Crippen LogP contribution in [0, 0.1) is 0 Å². The largest absolute Gasteiger partial charge is 0.384 e. The Bertz CT molecular complexity index is 712. The highest BCUT2D eigenvalue weighted by Crippen LogP contribution is 2.21. The summed E-state index contributed by atoms with van der Waals surface area (Å²) >= 11 is 1.59. The molecule has 1 aromatic carbocycles. The minimum Gasteiger partial charge on any atom is -0.384 e. The predicted octanol–water partition coefficient (Wildman–Crippen LogP) is 1.88. The van der Waals surface area contributed by atoms with Gasteiger partial charge >= 0.3 is 0 Å². The fourth-order valence-corrected chi connectivity index (χ4v) is 3.75. The molecule has 0 aliphatic carbocycles. The van der Waals surface area contributed by atoms with Crippen LogP contribution in [0.4, 0.5) is 5.82 Å². The number of anilines is 1. The summed E-state index contributed by atoms with van der Waals surface area (Å²) in [6.45, 7) is 2.20. The van der Waals surface area contributed by atoms with Crippen LogP contribution in [-0.2, 0) is 11.3 Å². The molecule has 1 atom stereocenters. The third kappa shape index (κ3) is 4.93. The van der Waals surface area contributed by atoms with Gasteiger partial charge in [-0.05, 0) is 31.7 Å². The van der Waals surface area contributed by atoms with E-state index in [1.165, 1.54) is 0 Å². The smallest absolute Gasteiger partial charge is 0.232 e. The lowest BCUT2D eigenvalue weighted by molar-refractivity contribution is -0.127. The molecule has 1 aliphatic rings. The first kappa shape index (κ1) is 17.7. The number of rotatable bonds is 6. The number of aromatic nitrogens is 2. The topological polar surface area (TPSA) is 75.4 Å². The second kappa shape index (κ2) is 8.31. The van der Waals surface area contributed by atoms with Crippen LogP contribution in [0.25, 0.3) is 0 Å². The summed E-state index contributed by atoms with van der Waals surface area (Å²) < 4.78 is 0. The lowest BCUT2D eigenvalue weighted by Crippen LogP contribution is -2.37. The molecule has 2 aromatic rings. The SMILES string of the molecule is CN(Cc1nccc(N)n1)[C@@H]1CCN(C(=O)CSc2ccccc2)C1. The van der Waals surface area contributed by atoms with E-state index in [1.807, 2.05) is 42.3 Å². The number of nitrogens with two attached hydrogens (primary N) is 1. The normalized spacial score (nSPS) is 17.2. The zero-order chi connectivity index (χ0) is 17.6. The van der Waals surface area contributed by atoms with E-state index in [9.17, 15) is 4.79 Å². The van der Waals surface area contributed by atoms with Gasteiger partial charge in [-0.3, -0.25) is 9.69 Å². The van der Waals surface area contributed by atoms with Crippen molar-refractivity contribution in [2.45, 2.75) is 23.9 Å². The molecule has 0 radical (unpaired) electrons. The van der Waals surface area contributed by atoms with Crippen molar-refractivity contribution in [3.8, 4) is 0 Å². The van der Waals surface area contributed by atoms with Crippen LogP contribution in [-0.4, -0.2) is 57.6 Å². The van der Waals surface area contributed by atoms with Crippen LogP contribution >= 0.6 is 11.8 Å². The maximum atomic E-state index is 12.4. The summed E-state index contributed by atoms with van der Waals surface area (Å²) in [5.74, 6) is 1.88. The van der Waals surface area contributed by atoms with Gasteiger partial charge in [0.15, 0.2) is 0 Å². The van der Waals surface area contributed by atoms with Crippen LogP contribution in [0.15, 0.2) is 47.5 Å². The van der Waals surface area contributed by atoms with Gasteiger partial charge in [-0.1, -0.05) is 18.2 Å². The van der Waals surface area contributed by atoms with Crippen LogP contribution < -0.4 is 5.73 Å². The van der Waals surface area contributed by atoms with E-state index < -0.39 is 0 Å². The fraction of sp³-hybridized carbons (Fsp3) is 0.389. The molecule has 3 rings (SSSR count). The third-order valence-electron chi connectivity index (χ3n) is 4.36. The molecular formula is C18H23N5OS. The van der Waals surface area contributed by atoms with Crippen LogP contribution in [0.5, 0.6) is 0 Å². The van der Waals surface area contributed by atoms with Crippen molar-refractivity contribution in [2.24, 2.45) is 0 Å². The highest BCUT2D eigenvalue weighted by molar-refractivity contribution is 8.00. The van der Waals surface area contributed by atoms with E-state index in [4.69, 9.17) is 5.73 Å². The molecule has 1 aliphatic heterocycles. The second-order valence-corrected chi connectivity index (χ2v) is 7.25. The Hall–Kier alpha value is -2.12. The number of benzene rings is 1. The molecule has 0 saturated carbocycles. The number of carbonyl (C=O) groups excluding carboxylic acids is 1. The number of amides is 1. The van der Waals surface area contributed by atoms with E-state index in [1.54, 1.807) is 24.0 Å². The summed E-state index contributed by atoms with van der Waals surface area (Å²) in [6.07, 6.45) is 2.65. The maximum Gasteiger partial charge on any atom is 0.232 e. The summed E-state index contributed by atoms with van der Waals surface area (Å²) in [5, 5.41) is 0. The molecule has 7 heteroatoms. The number of hydrogen-bond acceptors (Lipinski definition) is 6. The Labute approximate surface area is 152 Å². The molecule has 1 amide bonds. The van der Waals surface area contributed by atoms with Gasteiger partial charge in [0.1, 0.15) is 11.6 Å². The van der Waals surface area contributed by atoms with Crippen molar-refractivity contribution in [1.82, 2.24) is 19.8 Å². The van der Waals surface area contributed by atoms with Crippen molar-refractivity contribution < 1.29 is 4.79 Å². The van der Waals surface area contributed by atoms with Gasteiger partial charge in [-0.2, -0.15) is 0 Å². The third-order valence-corrected chi connectivity index (χ3v) is 5.36. The minimum absolute atomic E-state index is 0.199. The number of hydrogen-bond donors (Lipinski definition) is 1. The van der Waals surface area contributed by atoms with Gasteiger partial charge in [-0.15, -0.1) is 11.8 Å². The highest BCUT2D eigenvalue weighted by atomic mass is 32.2. The molecule has 0 spiro atoms. The number of likely N-dealkylation sites (N-methyl/N-ethyl adjacent to an activating group) is 1. The molecular weight excluding hydrogens is 334 g/mol. The number of carbonyl (C=O) groups is 1. The lowest BCUT2D eigenvalue weighted by atomic mass is 10.2. The summed E-state index contributed by atoms with van der Waals surface area (Å²) in [4.78, 5) is 26.2. The Kier molecular flexibility index (Phi) is 5.88. The molecule has 0 bridgehead atoms. The molecule has 2 heterocycles. The number of nitrogen functional groups attached to an aromatic ring is 1. The van der Waals surface area contributed by atoms with E-state index in [2.05, 4.69) is 14.9 Å². The average Bonchev–Trinajstić information content (AvgIpc) is 3.11. The maximum absolute atomic E-state index is 12.4. The molecule has 2 N–H and O–H groups in total. The average molecular weight is 357 g/mol. The molecule has 1 saturated heterocycles. The van der Waals surface area contributed by atoms with Gasteiger partial charge in [-0.25, -0.2) is 9.97 Å². The van der Waals surface area contributed by atoms with Crippen LogP contribution in [0.2, 0.25) is 0 Å². The van der Waals surface area contributed by atoms with Crippen molar-refractivity contribution in [1.29, 1.82) is 0 Å². The first-order valence-corrected chi connectivity index (χ1v) is 9.33. The van der Waals surface area contributed by atoms with E-state index in [0.717, 1.165) is 24.4 Å². The monoisotopic (exact) mass is 357 g/mol. The Morgan fingerprint density at radius 1 is 1.36 bits per heavy atom. The summed E-state index contributed by atoms with van der Waals surface area (Å²) in [7, 11) is 2.05. The number of thioether (sulfide) groups is 1. The zero-order valence-corrected chi connectivity index (χ0v) is 15.2. The lowest BCUT2D eigenvalue weighted by Gasteiger charge is -2.24. The first-order valence-electron chi connectivity index (χ1n) is 8.35. The standard InChI is InChI=1S/C18H23N5OS/c1-22(12-17-20-9-7-16(19)21-17)14-8-10-23(11-14)18(24)13-25-15-5-3-2-4-6-15/h2-7,9,14H,8,10-13H2,1H3,(H2,19,20,21)/t14-/m1/s1. The number of nitrogens with zero attached hydrogens (tertiary/aromatic N) is 4. The van der Waals surface area contributed by atoms with Crippen LogP contribution in [0.3, 0.4) is 0 Å². The molecule has 1 aromatic heterocycles. The van der Waals surface area contributed by atoms with Crippen molar-refractivity contribution in [3.05, 3.63) is 48.4 Å². The van der Waals surface area contributed by atoms with Gasteiger partial charge in [0.05, 0.1) is 12.3 Å². The summed E-state index contributed by atoms with van der Waals surface area (Å²) in [5.41, 5.74) is 5.71. The zero-order valence-electron chi connectivity index (χ0n) is 14.3. The van der Waals surface area contributed by atoms with Crippen LogP contribution in [0.1, 0.15) is 12.2 Å². The van der Waals surface area contributed by atoms with E-state index in [0.29, 0.717) is 30.0 Å². The minimum atomic E-state index is 0.199. The Balaban J connectivity index is 1.48. The van der Waals surface area contributed by atoms with Gasteiger partial charge in [0.25, 0.3) is 0 Å². The van der Waals surface area contributed by atoms with E-state index in [-0.39, 0.29) is 5.91 Å². The molecule has 1 fully saturated rings. The van der Waals surface area contributed by atoms with Gasteiger partial charge in [0.2, 0.25) is 5.91 Å². The predicted molar refractivity (Wildman–Crippen MR) is 100 cm³/mol. The molecule has 132 valence electrons. The molecule has 25 heavy (non-hydrogen) atoms. The second-order valence-electron chi connectivity index (χ2n) is 6.20. The van der Waals surface area contributed by atoms with Gasteiger partial charge in [0, 0.05) is 30.2 Å². The fourth-order valence-electron chi connectivity index (χ4n) is 2.92. The first-order chi connectivity index (χ1) is 12.1. The van der Waals surface area contributed by atoms with Crippen molar-refractivity contribution >= 4 is 23.5 Å². The van der Waals surface area contributed by atoms with Crippen molar-refractivity contribution in [3.63, 3.8) is 0 Å². The highest BCUT2D eigenvalue weighted by Gasteiger charge is 2.29. The molecule has 0 unspecified atom stereocenters. The van der Waals surface area contributed by atoms with Crippen molar-refractivity contribution in [2.75, 3.05) is 31.6 Å².